The lowest BCUT2D eigenvalue weighted by molar-refractivity contribution is 0.0659. The summed E-state index contributed by atoms with van der Waals surface area (Å²) >= 11 is 0. The van der Waals surface area contributed by atoms with E-state index in [9.17, 15) is 9.90 Å². The third-order valence-corrected chi connectivity index (χ3v) is 6.94. The lowest BCUT2D eigenvalue weighted by Gasteiger charge is -2.35. The summed E-state index contributed by atoms with van der Waals surface area (Å²) in [6, 6.07) is 13.4. The number of rotatable bonds is 6. The lowest BCUT2D eigenvalue weighted by atomic mass is 9.98. The SMILES string of the molecule is COc1ccc(Cn2nnnc2[C@@H](c2cc3cc(C)c(C)cc3[nH]c2=O)N2CCC(O)CC2)cc1. The van der Waals surface area contributed by atoms with Gasteiger partial charge in [-0.1, -0.05) is 12.1 Å². The smallest absolute Gasteiger partial charge is 0.253 e. The number of aromatic amines is 1. The van der Waals surface area contributed by atoms with Crippen LogP contribution in [-0.4, -0.2) is 61.5 Å². The summed E-state index contributed by atoms with van der Waals surface area (Å²) in [7, 11) is 1.64. The summed E-state index contributed by atoms with van der Waals surface area (Å²) in [6.07, 6.45) is 0.948. The third kappa shape index (κ3) is 4.69. The number of benzene rings is 2. The van der Waals surface area contributed by atoms with Gasteiger partial charge in [0, 0.05) is 24.2 Å². The van der Waals surface area contributed by atoms with Gasteiger partial charge in [-0.3, -0.25) is 9.69 Å². The van der Waals surface area contributed by atoms with Crippen molar-refractivity contribution in [2.24, 2.45) is 0 Å². The molecule has 2 aromatic carbocycles. The predicted molar refractivity (Wildman–Crippen MR) is 133 cm³/mol. The average molecular weight is 475 g/mol. The van der Waals surface area contributed by atoms with Crippen LogP contribution in [0.5, 0.6) is 5.75 Å². The number of aromatic nitrogens is 5. The fourth-order valence-electron chi connectivity index (χ4n) is 4.76. The second-order valence-electron chi connectivity index (χ2n) is 9.29. The lowest BCUT2D eigenvalue weighted by Crippen LogP contribution is -2.41. The van der Waals surface area contributed by atoms with E-state index in [4.69, 9.17) is 4.74 Å². The Labute approximate surface area is 203 Å². The number of piperidine rings is 1. The number of methoxy groups -OCH3 is 1. The summed E-state index contributed by atoms with van der Waals surface area (Å²) in [5.41, 5.74) is 4.57. The second kappa shape index (κ2) is 9.59. The summed E-state index contributed by atoms with van der Waals surface area (Å²) in [4.78, 5) is 18.7. The van der Waals surface area contributed by atoms with Crippen molar-refractivity contribution >= 4 is 10.9 Å². The van der Waals surface area contributed by atoms with Gasteiger partial charge in [0.15, 0.2) is 5.82 Å². The number of aryl methyl sites for hydroxylation is 2. The number of fused-ring (bicyclic) bond motifs is 1. The maximum atomic E-state index is 13.4. The van der Waals surface area contributed by atoms with Crippen molar-refractivity contribution in [3.8, 4) is 5.75 Å². The molecular weight excluding hydrogens is 444 g/mol. The van der Waals surface area contributed by atoms with Crippen LogP contribution in [-0.2, 0) is 6.54 Å². The van der Waals surface area contributed by atoms with Crippen molar-refractivity contribution in [2.75, 3.05) is 20.2 Å². The van der Waals surface area contributed by atoms with Crippen LogP contribution in [0.2, 0.25) is 0 Å². The Morgan fingerprint density at radius 3 is 2.54 bits per heavy atom. The molecule has 1 saturated heterocycles. The zero-order valence-electron chi connectivity index (χ0n) is 20.2. The van der Waals surface area contributed by atoms with Gasteiger partial charge in [-0.25, -0.2) is 4.68 Å². The largest absolute Gasteiger partial charge is 0.497 e. The highest BCUT2D eigenvalue weighted by molar-refractivity contribution is 5.81. The third-order valence-electron chi connectivity index (χ3n) is 6.94. The van der Waals surface area contributed by atoms with Crippen LogP contribution in [0.4, 0.5) is 0 Å². The summed E-state index contributed by atoms with van der Waals surface area (Å²) in [6.45, 7) is 5.86. The molecule has 4 aromatic rings. The molecule has 0 aliphatic carbocycles. The highest BCUT2D eigenvalue weighted by Crippen LogP contribution is 2.30. The number of hydrogen-bond donors (Lipinski definition) is 2. The van der Waals surface area contributed by atoms with Crippen LogP contribution < -0.4 is 10.3 Å². The van der Waals surface area contributed by atoms with Crippen LogP contribution in [0.15, 0.2) is 47.3 Å². The van der Waals surface area contributed by atoms with E-state index in [-0.39, 0.29) is 11.7 Å². The predicted octanol–water partition coefficient (Wildman–Crippen LogP) is 2.73. The molecule has 1 atom stereocenters. The molecule has 0 saturated carbocycles. The summed E-state index contributed by atoms with van der Waals surface area (Å²) in [5, 5.41) is 23.7. The number of aliphatic hydroxyl groups excluding tert-OH is 1. The van der Waals surface area contributed by atoms with Gasteiger partial charge in [0.05, 0.1) is 19.8 Å². The molecule has 2 aromatic heterocycles. The van der Waals surface area contributed by atoms with Crippen molar-refractivity contribution in [1.29, 1.82) is 0 Å². The first-order valence-electron chi connectivity index (χ1n) is 11.9. The molecule has 1 aliphatic heterocycles. The van der Waals surface area contributed by atoms with E-state index < -0.39 is 6.04 Å². The molecule has 1 fully saturated rings. The van der Waals surface area contributed by atoms with Crippen LogP contribution in [0.3, 0.4) is 0 Å². The number of hydrogen-bond acceptors (Lipinski definition) is 7. The van der Waals surface area contributed by atoms with Crippen LogP contribution >= 0.6 is 0 Å². The van der Waals surface area contributed by atoms with Gasteiger partial charge >= 0.3 is 0 Å². The quantitative estimate of drug-likeness (QED) is 0.442. The molecular formula is C26H30N6O3. The highest BCUT2D eigenvalue weighted by Gasteiger charge is 2.32. The number of likely N-dealkylation sites (tertiary alicyclic amines) is 1. The van der Waals surface area contributed by atoms with E-state index in [0.29, 0.717) is 43.9 Å². The minimum atomic E-state index is -0.439. The van der Waals surface area contributed by atoms with Crippen LogP contribution in [0.1, 0.15) is 47.0 Å². The fourth-order valence-corrected chi connectivity index (χ4v) is 4.76. The molecule has 0 amide bonds. The summed E-state index contributed by atoms with van der Waals surface area (Å²) < 4.78 is 7.02. The molecule has 2 N–H and O–H groups in total. The molecule has 3 heterocycles. The molecule has 5 rings (SSSR count). The van der Waals surface area contributed by atoms with Gasteiger partial charge in [0.1, 0.15) is 11.8 Å². The van der Waals surface area contributed by atoms with E-state index >= 15 is 0 Å². The first-order chi connectivity index (χ1) is 16.9. The number of ether oxygens (including phenoxy) is 1. The fraction of sp³-hybridized carbons (Fsp3) is 0.385. The Bertz CT molecular complexity index is 1390. The van der Waals surface area contributed by atoms with Gasteiger partial charge in [-0.05, 0) is 89.5 Å². The minimum Gasteiger partial charge on any atom is -0.497 e. The Morgan fingerprint density at radius 2 is 1.83 bits per heavy atom. The van der Waals surface area contributed by atoms with E-state index in [1.54, 1.807) is 11.8 Å². The molecule has 0 unspecified atom stereocenters. The van der Waals surface area contributed by atoms with E-state index in [0.717, 1.165) is 33.3 Å². The van der Waals surface area contributed by atoms with Gasteiger partial charge in [-0.2, -0.15) is 0 Å². The Hall–Kier alpha value is -3.56. The number of tetrazole rings is 1. The molecule has 0 radical (unpaired) electrons. The topological polar surface area (TPSA) is 109 Å². The number of nitrogens with one attached hydrogen (secondary N) is 1. The number of nitrogens with zero attached hydrogens (tertiary/aromatic N) is 5. The van der Waals surface area contributed by atoms with E-state index in [1.807, 2.05) is 43.3 Å². The molecule has 1 aliphatic rings. The minimum absolute atomic E-state index is 0.157. The van der Waals surface area contributed by atoms with Crippen LogP contribution in [0, 0.1) is 13.8 Å². The van der Waals surface area contributed by atoms with Gasteiger partial charge in [0.25, 0.3) is 5.56 Å². The van der Waals surface area contributed by atoms with Crippen molar-refractivity contribution in [3.05, 3.63) is 80.9 Å². The molecule has 0 spiro atoms. The number of pyridine rings is 1. The monoisotopic (exact) mass is 474 g/mol. The van der Waals surface area contributed by atoms with Gasteiger partial charge in [0.2, 0.25) is 0 Å². The van der Waals surface area contributed by atoms with E-state index in [1.165, 1.54) is 0 Å². The molecule has 0 bridgehead atoms. The van der Waals surface area contributed by atoms with Crippen molar-refractivity contribution in [1.82, 2.24) is 30.1 Å². The normalized spacial score (nSPS) is 16.0. The summed E-state index contributed by atoms with van der Waals surface area (Å²) in [5.74, 6) is 1.38. The van der Waals surface area contributed by atoms with Crippen LogP contribution in [0.25, 0.3) is 10.9 Å². The molecule has 9 nitrogen and oxygen atoms in total. The number of H-pyrrole nitrogens is 1. The Kier molecular flexibility index (Phi) is 6.36. The average Bonchev–Trinajstić information content (AvgIpc) is 3.30. The molecule has 35 heavy (non-hydrogen) atoms. The Balaban J connectivity index is 1.59. The van der Waals surface area contributed by atoms with Crippen molar-refractivity contribution in [3.63, 3.8) is 0 Å². The maximum absolute atomic E-state index is 13.4. The van der Waals surface area contributed by atoms with Crippen molar-refractivity contribution in [2.45, 2.75) is 45.4 Å². The first-order valence-corrected chi connectivity index (χ1v) is 11.9. The zero-order chi connectivity index (χ0) is 24.5. The zero-order valence-corrected chi connectivity index (χ0v) is 20.2. The Morgan fingerprint density at radius 1 is 1.11 bits per heavy atom. The maximum Gasteiger partial charge on any atom is 0.253 e. The van der Waals surface area contributed by atoms with Gasteiger partial charge < -0.3 is 14.8 Å². The molecule has 182 valence electrons. The number of aliphatic hydroxyl groups is 1. The molecule has 9 heteroatoms. The van der Waals surface area contributed by atoms with Gasteiger partial charge in [-0.15, -0.1) is 5.10 Å². The first kappa shape index (κ1) is 23.2. The second-order valence-corrected chi connectivity index (χ2v) is 9.29. The standard InChI is InChI=1S/C26H30N6O3/c1-16-12-19-14-22(26(34)27-23(19)13-17(16)2)24(31-10-8-20(33)9-11-31)25-28-29-30-32(25)15-18-4-6-21(35-3)7-5-18/h4-7,12-14,20,24,33H,8-11,15H2,1-3H3,(H,27,34)/t24-/m1/s1. The van der Waals surface area contributed by atoms with E-state index in [2.05, 4.69) is 38.4 Å². The van der Waals surface area contributed by atoms with Crippen molar-refractivity contribution < 1.29 is 9.84 Å². The highest BCUT2D eigenvalue weighted by atomic mass is 16.5.